The van der Waals surface area contributed by atoms with E-state index in [1.165, 1.54) is 13.0 Å². The highest BCUT2D eigenvalue weighted by molar-refractivity contribution is 5.97. The third kappa shape index (κ3) is 4.91. The quantitative estimate of drug-likeness (QED) is 0.252. The molecule has 3 aromatic rings. The number of nitrogens with one attached hydrogen (secondary N) is 2. The molecule has 0 fully saturated rings. The number of aliphatic hydroxyl groups is 1. The largest absolute Gasteiger partial charge is 0.507 e. The van der Waals surface area contributed by atoms with Gasteiger partial charge in [-0.3, -0.25) is 4.79 Å². The Morgan fingerprint density at radius 2 is 1.90 bits per heavy atom. The molecule has 0 radical (unpaired) electrons. The zero-order chi connectivity index (χ0) is 21.5. The van der Waals surface area contributed by atoms with Crippen LogP contribution in [0.1, 0.15) is 18.3 Å². The number of imidazole rings is 1. The van der Waals surface area contributed by atoms with Gasteiger partial charge in [-0.2, -0.15) is 5.26 Å². The average Bonchev–Trinajstić information content (AvgIpc) is 3.16. The summed E-state index contributed by atoms with van der Waals surface area (Å²) in [7, 11) is 0. The normalized spacial score (nSPS) is 12.1. The predicted octanol–water partition coefficient (Wildman–Crippen LogP) is 3.08. The maximum atomic E-state index is 12.4. The highest BCUT2D eigenvalue weighted by atomic mass is 16.5. The van der Waals surface area contributed by atoms with Crippen molar-refractivity contribution in [3.8, 4) is 6.07 Å². The number of aromatic nitrogens is 2. The number of aromatic amines is 1. The molecule has 1 heterocycles. The van der Waals surface area contributed by atoms with Crippen LogP contribution in [0.2, 0.25) is 0 Å². The summed E-state index contributed by atoms with van der Waals surface area (Å²) in [6.45, 7) is 0.698. The maximum absolute atomic E-state index is 12.4. The lowest BCUT2D eigenvalue weighted by Gasteiger charge is -2.09. The van der Waals surface area contributed by atoms with Crippen LogP contribution in [0.25, 0.3) is 22.7 Å². The van der Waals surface area contributed by atoms with E-state index in [4.69, 9.17) is 4.74 Å². The monoisotopic (exact) mass is 402 g/mol. The van der Waals surface area contributed by atoms with E-state index in [2.05, 4.69) is 15.3 Å². The number of esters is 1. The number of hydrogen-bond donors (Lipinski definition) is 3. The van der Waals surface area contributed by atoms with Crippen LogP contribution in [0.3, 0.4) is 0 Å². The number of carbonyl (C=O) groups is 2. The number of amides is 1. The number of allylic oxidation sites excluding steroid dienone is 1. The molecule has 2 aromatic carbocycles. The summed E-state index contributed by atoms with van der Waals surface area (Å²) in [4.78, 5) is 31.1. The molecule has 0 atom stereocenters. The molecule has 8 nitrogen and oxygen atoms in total. The molecule has 3 rings (SSSR count). The Morgan fingerprint density at radius 3 is 2.57 bits per heavy atom. The van der Waals surface area contributed by atoms with E-state index in [0.717, 1.165) is 0 Å². The van der Waals surface area contributed by atoms with E-state index in [1.807, 2.05) is 18.2 Å². The van der Waals surface area contributed by atoms with Gasteiger partial charge in [0, 0.05) is 6.92 Å². The molecule has 150 valence electrons. The van der Waals surface area contributed by atoms with Gasteiger partial charge in [0.25, 0.3) is 0 Å². The van der Waals surface area contributed by atoms with Gasteiger partial charge in [0.2, 0.25) is 5.91 Å². The first-order valence-electron chi connectivity index (χ1n) is 8.96. The van der Waals surface area contributed by atoms with Crippen molar-refractivity contribution in [1.29, 1.82) is 5.26 Å². The van der Waals surface area contributed by atoms with Gasteiger partial charge in [-0.25, -0.2) is 9.78 Å². The molecule has 0 unspecified atom stereocenters. The van der Waals surface area contributed by atoms with Gasteiger partial charge in [-0.15, -0.1) is 0 Å². The standard InChI is InChI=1S/C22H18N4O4/c1-14(27)24-19(11-15-7-3-2-4-8-15)22(29)30-13-20(28)16(12-23)21-25-17-9-5-6-10-18(17)26-21/h2-11,28H,13H2,1H3,(H,24,27)(H,25,26). The number of rotatable bonds is 6. The first kappa shape index (κ1) is 20.4. The van der Waals surface area contributed by atoms with Crippen LogP contribution in [0.5, 0.6) is 0 Å². The fraction of sp³-hybridized carbons (Fsp3) is 0.0909. The minimum Gasteiger partial charge on any atom is -0.507 e. The van der Waals surface area contributed by atoms with Crippen molar-refractivity contribution in [2.24, 2.45) is 0 Å². The lowest BCUT2D eigenvalue weighted by Crippen LogP contribution is -2.26. The Hall–Kier alpha value is -4.38. The number of nitrogens with zero attached hydrogens (tertiary/aromatic N) is 2. The summed E-state index contributed by atoms with van der Waals surface area (Å²) >= 11 is 0. The minimum atomic E-state index is -0.859. The predicted molar refractivity (Wildman–Crippen MR) is 110 cm³/mol. The summed E-state index contributed by atoms with van der Waals surface area (Å²) < 4.78 is 5.09. The van der Waals surface area contributed by atoms with Gasteiger partial charge < -0.3 is 20.1 Å². The van der Waals surface area contributed by atoms with Gasteiger partial charge in [0.1, 0.15) is 23.9 Å². The summed E-state index contributed by atoms with van der Waals surface area (Å²) in [6.07, 6.45) is 1.45. The number of benzene rings is 2. The molecule has 0 bridgehead atoms. The molecule has 0 saturated carbocycles. The van der Waals surface area contributed by atoms with Crippen molar-refractivity contribution < 1.29 is 19.4 Å². The maximum Gasteiger partial charge on any atom is 0.355 e. The third-order valence-corrected chi connectivity index (χ3v) is 4.01. The van der Waals surface area contributed by atoms with Crippen LogP contribution in [0.4, 0.5) is 0 Å². The van der Waals surface area contributed by atoms with Crippen LogP contribution >= 0.6 is 0 Å². The topological polar surface area (TPSA) is 128 Å². The fourth-order valence-corrected chi connectivity index (χ4v) is 2.66. The lowest BCUT2D eigenvalue weighted by molar-refractivity contribution is -0.140. The van der Waals surface area contributed by atoms with Gasteiger partial charge in [-0.05, 0) is 23.8 Å². The third-order valence-electron chi connectivity index (χ3n) is 4.01. The van der Waals surface area contributed by atoms with Crippen LogP contribution in [-0.2, 0) is 14.3 Å². The molecular formula is C22H18N4O4. The second-order valence-corrected chi connectivity index (χ2v) is 6.26. The van der Waals surface area contributed by atoms with Crippen LogP contribution in [0, 0.1) is 11.3 Å². The van der Waals surface area contributed by atoms with Crippen molar-refractivity contribution in [3.63, 3.8) is 0 Å². The zero-order valence-electron chi connectivity index (χ0n) is 16.0. The van der Waals surface area contributed by atoms with Crippen molar-refractivity contribution in [2.75, 3.05) is 6.61 Å². The number of para-hydroxylation sites is 2. The number of hydrogen-bond acceptors (Lipinski definition) is 6. The highest BCUT2D eigenvalue weighted by Gasteiger charge is 2.17. The second kappa shape index (κ2) is 9.21. The summed E-state index contributed by atoms with van der Waals surface area (Å²) in [5, 5.41) is 22.1. The van der Waals surface area contributed by atoms with E-state index < -0.39 is 24.2 Å². The molecule has 0 aliphatic heterocycles. The molecule has 0 aliphatic rings. The van der Waals surface area contributed by atoms with E-state index in [0.29, 0.717) is 16.6 Å². The van der Waals surface area contributed by atoms with Crippen LogP contribution in [-0.4, -0.2) is 33.6 Å². The molecule has 0 saturated heterocycles. The molecule has 0 aliphatic carbocycles. The molecule has 1 amide bonds. The van der Waals surface area contributed by atoms with E-state index in [1.54, 1.807) is 42.5 Å². The fourth-order valence-electron chi connectivity index (χ4n) is 2.66. The van der Waals surface area contributed by atoms with Crippen molar-refractivity contribution in [3.05, 3.63) is 77.4 Å². The first-order chi connectivity index (χ1) is 14.5. The van der Waals surface area contributed by atoms with E-state index in [-0.39, 0.29) is 17.1 Å². The van der Waals surface area contributed by atoms with Gasteiger partial charge >= 0.3 is 5.97 Å². The van der Waals surface area contributed by atoms with Crippen LogP contribution in [0.15, 0.2) is 66.1 Å². The Labute approximate surface area is 172 Å². The number of ether oxygens (including phenoxy) is 1. The molecule has 0 spiro atoms. The van der Waals surface area contributed by atoms with Crippen molar-refractivity contribution >= 4 is 34.6 Å². The Kier molecular flexibility index (Phi) is 6.25. The summed E-state index contributed by atoms with van der Waals surface area (Å²) in [5.41, 5.74) is 1.77. The number of fused-ring (bicyclic) bond motifs is 1. The Morgan fingerprint density at radius 1 is 1.20 bits per heavy atom. The number of carbonyl (C=O) groups excluding carboxylic acids is 2. The van der Waals surface area contributed by atoms with Gasteiger partial charge in [0.05, 0.1) is 11.0 Å². The van der Waals surface area contributed by atoms with Crippen molar-refractivity contribution in [2.45, 2.75) is 6.92 Å². The lowest BCUT2D eigenvalue weighted by atomic mass is 10.2. The molecule has 1 aromatic heterocycles. The first-order valence-corrected chi connectivity index (χ1v) is 8.96. The van der Waals surface area contributed by atoms with E-state index >= 15 is 0 Å². The molecular weight excluding hydrogens is 384 g/mol. The average molecular weight is 402 g/mol. The molecule has 8 heteroatoms. The SMILES string of the molecule is CC(=O)NC(=Cc1ccccc1)C(=O)OCC(O)=C(C#N)c1nc2ccccc2[nH]1. The zero-order valence-corrected chi connectivity index (χ0v) is 16.0. The summed E-state index contributed by atoms with van der Waals surface area (Å²) in [6, 6.07) is 17.9. The van der Waals surface area contributed by atoms with E-state index in [9.17, 15) is 20.0 Å². The van der Waals surface area contributed by atoms with Crippen LogP contribution < -0.4 is 5.32 Å². The number of H-pyrrole nitrogens is 1. The van der Waals surface area contributed by atoms with Crippen molar-refractivity contribution in [1.82, 2.24) is 15.3 Å². The Balaban J connectivity index is 1.80. The summed E-state index contributed by atoms with van der Waals surface area (Å²) in [5.74, 6) is -1.61. The number of aliphatic hydroxyl groups excluding tert-OH is 1. The second-order valence-electron chi connectivity index (χ2n) is 6.26. The molecule has 3 N–H and O–H groups in total. The minimum absolute atomic E-state index is 0.0938. The van der Waals surface area contributed by atoms with Gasteiger partial charge in [-0.1, -0.05) is 42.5 Å². The smallest absolute Gasteiger partial charge is 0.355 e. The molecule has 30 heavy (non-hydrogen) atoms. The highest BCUT2D eigenvalue weighted by Crippen LogP contribution is 2.19. The van der Waals surface area contributed by atoms with Gasteiger partial charge in [0.15, 0.2) is 11.6 Å². The Bertz CT molecular complexity index is 1150. The number of nitriles is 1.